The summed E-state index contributed by atoms with van der Waals surface area (Å²) < 4.78 is 0. The molecule has 0 atom stereocenters. The Balaban J connectivity index is 2.26. The first-order valence-electron chi connectivity index (χ1n) is 6.00. The van der Waals surface area contributed by atoms with Gasteiger partial charge in [0, 0.05) is 27.2 Å². The van der Waals surface area contributed by atoms with Gasteiger partial charge < -0.3 is 4.98 Å². The number of rotatable bonds is 1. The standard InChI is InChI=1S/C16H14ClN/c1-10-7-11(2)13-9-16(18-15(13)8-10)12-5-3-4-6-14(12)17/h3-9,18H,1-2H3. The van der Waals surface area contributed by atoms with Gasteiger partial charge in [-0.3, -0.25) is 0 Å². The van der Waals surface area contributed by atoms with Gasteiger partial charge in [0.1, 0.15) is 0 Å². The Morgan fingerprint density at radius 1 is 1.00 bits per heavy atom. The summed E-state index contributed by atoms with van der Waals surface area (Å²) >= 11 is 6.24. The van der Waals surface area contributed by atoms with Gasteiger partial charge in [-0.15, -0.1) is 0 Å². The smallest absolute Gasteiger partial charge is 0.0499 e. The van der Waals surface area contributed by atoms with Gasteiger partial charge in [0.05, 0.1) is 0 Å². The predicted octanol–water partition coefficient (Wildman–Crippen LogP) is 5.11. The molecule has 0 saturated heterocycles. The van der Waals surface area contributed by atoms with Gasteiger partial charge in [0.25, 0.3) is 0 Å². The number of H-pyrrole nitrogens is 1. The lowest BCUT2D eigenvalue weighted by Crippen LogP contribution is -1.78. The maximum absolute atomic E-state index is 6.24. The van der Waals surface area contributed by atoms with E-state index < -0.39 is 0 Å². The molecular weight excluding hydrogens is 242 g/mol. The van der Waals surface area contributed by atoms with Crippen LogP contribution in [-0.4, -0.2) is 4.98 Å². The van der Waals surface area contributed by atoms with Crippen LogP contribution in [0.1, 0.15) is 11.1 Å². The molecule has 0 spiro atoms. The fourth-order valence-corrected chi connectivity index (χ4v) is 2.66. The zero-order valence-electron chi connectivity index (χ0n) is 10.4. The van der Waals surface area contributed by atoms with Crippen LogP contribution in [0, 0.1) is 13.8 Å². The van der Waals surface area contributed by atoms with E-state index in [0.717, 1.165) is 16.3 Å². The van der Waals surface area contributed by atoms with Crippen molar-refractivity contribution in [3.05, 3.63) is 58.6 Å². The zero-order chi connectivity index (χ0) is 12.7. The third kappa shape index (κ3) is 1.81. The van der Waals surface area contributed by atoms with E-state index in [0.29, 0.717) is 0 Å². The highest BCUT2D eigenvalue weighted by Gasteiger charge is 2.08. The summed E-state index contributed by atoms with van der Waals surface area (Å²) in [6.45, 7) is 4.25. The first kappa shape index (κ1) is 11.4. The average molecular weight is 256 g/mol. The van der Waals surface area contributed by atoms with E-state index in [4.69, 9.17) is 11.6 Å². The highest BCUT2D eigenvalue weighted by molar-refractivity contribution is 6.33. The molecule has 18 heavy (non-hydrogen) atoms. The van der Waals surface area contributed by atoms with E-state index in [2.05, 4.69) is 37.0 Å². The molecule has 1 nitrogen and oxygen atoms in total. The fraction of sp³-hybridized carbons (Fsp3) is 0.125. The van der Waals surface area contributed by atoms with Crippen LogP contribution in [0.5, 0.6) is 0 Å². The van der Waals surface area contributed by atoms with Gasteiger partial charge in [-0.2, -0.15) is 0 Å². The Morgan fingerprint density at radius 3 is 2.56 bits per heavy atom. The number of fused-ring (bicyclic) bond motifs is 1. The van der Waals surface area contributed by atoms with Crippen molar-refractivity contribution < 1.29 is 0 Å². The van der Waals surface area contributed by atoms with E-state index in [-0.39, 0.29) is 0 Å². The molecule has 2 heteroatoms. The van der Waals surface area contributed by atoms with E-state index in [1.807, 2.05) is 24.3 Å². The zero-order valence-corrected chi connectivity index (χ0v) is 11.2. The largest absolute Gasteiger partial charge is 0.354 e. The molecule has 90 valence electrons. The van der Waals surface area contributed by atoms with Crippen molar-refractivity contribution in [1.29, 1.82) is 0 Å². The van der Waals surface area contributed by atoms with Gasteiger partial charge >= 0.3 is 0 Å². The Morgan fingerprint density at radius 2 is 1.78 bits per heavy atom. The molecule has 1 heterocycles. The minimum absolute atomic E-state index is 0.776. The second-order valence-corrected chi connectivity index (χ2v) is 5.11. The fourth-order valence-electron chi connectivity index (χ4n) is 2.42. The normalized spacial score (nSPS) is 11.1. The highest BCUT2D eigenvalue weighted by Crippen LogP contribution is 2.31. The maximum atomic E-state index is 6.24. The lowest BCUT2D eigenvalue weighted by atomic mass is 10.1. The Hall–Kier alpha value is -1.73. The molecule has 0 amide bonds. The molecule has 0 aliphatic carbocycles. The Labute approximate surface area is 111 Å². The molecule has 0 aliphatic rings. The van der Waals surface area contributed by atoms with Crippen LogP contribution in [0.2, 0.25) is 5.02 Å². The summed E-state index contributed by atoms with van der Waals surface area (Å²) in [7, 11) is 0. The van der Waals surface area contributed by atoms with Gasteiger partial charge in [-0.25, -0.2) is 0 Å². The topological polar surface area (TPSA) is 15.8 Å². The minimum Gasteiger partial charge on any atom is -0.354 e. The maximum Gasteiger partial charge on any atom is 0.0499 e. The van der Waals surface area contributed by atoms with Crippen molar-refractivity contribution in [2.24, 2.45) is 0 Å². The lowest BCUT2D eigenvalue weighted by Gasteiger charge is -1.99. The van der Waals surface area contributed by atoms with Crippen LogP contribution in [0.4, 0.5) is 0 Å². The summed E-state index contributed by atoms with van der Waals surface area (Å²) in [5.74, 6) is 0. The summed E-state index contributed by atoms with van der Waals surface area (Å²) in [6, 6.07) is 14.4. The number of halogens is 1. The monoisotopic (exact) mass is 255 g/mol. The molecular formula is C16H14ClN. The van der Waals surface area contributed by atoms with Crippen molar-refractivity contribution in [1.82, 2.24) is 4.98 Å². The van der Waals surface area contributed by atoms with Crippen molar-refractivity contribution in [3.8, 4) is 11.3 Å². The molecule has 0 bridgehead atoms. The van der Waals surface area contributed by atoms with Crippen molar-refractivity contribution in [2.75, 3.05) is 0 Å². The van der Waals surface area contributed by atoms with E-state index in [9.17, 15) is 0 Å². The van der Waals surface area contributed by atoms with Crippen molar-refractivity contribution in [3.63, 3.8) is 0 Å². The van der Waals surface area contributed by atoms with Crippen LogP contribution >= 0.6 is 11.6 Å². The first-order chi connectivity index (χ1) is 8.65. The molecule has 1 aromatic heterocycles. The number of aromatic amines is 1. The molecule has 0 fully saturated rings. The molecule has 0 saturated carbocycles. The van der Waals surface area contributed by atoms with Crippen LogP contribution in [-0.2, 0) is 0 Å². The molecule has 3 rings (SSSR count). The highest BCUT2D eigenvalue weighted by atomic mass is 35.5. The van der Waals surface area contributed by atoms with Crippen LogP contribution in [0.15, 0.2) is 42.5 Å². The predicted molar refractivity (Wildman–Crippen MR) is 78.2 cm³/mol. The summed E-state index contributed by atoms with van der Waals surface area (Å²) in [6.07, 6.45) is 0. The van der Waals surface area contributed by atoms with Crippen molar-refractivity contribution >= 4 is 22.5 Å². The van der Waals surface area contributed by atoms with E-state index >= 15 is 0 Å². The van der Waals surface area contributed by atoms with Crippen molar-refractivity contribution in [2.45, 2.75) is 13.8 Å². The summed E-state index contributed by atoms with van der Waals surface area (Å²) in [5.41, 5.74) is 5.85. The number of nitrogens with one attached hydrogen (secondary N) is 1. The van der Waals surface area contributed by atoms with Gasteiger partial charge in [-0.05, 0) is 43.2 Å². The number of hydrogen-bond acceptors (Lipinski definition) is 0. The molecule has 2 aromatic carbocycles. The third-order valence-electron chi connectivity index (χ3n) is 3.25. The summed E-state index contributed by atoms with van der Waals surface area (Å²) in [5, 5.41) is 2.04. The SMILES string of the molecule is Cc1cc(C)c2cc(-c3ccccc3Cl)[nH]c2c1. The van der Waals surface area contributed by atoms with Crippen LogP contribution in [0.25, 0.3) is 22.2 Å². The quantitative estimate of drug-likeness (QED) is 0.622. The van der Waals surface area contributed by atoms with Gasteiger partial charge in [0.2, 0.25) is 0 Å². The van der Waals surface area contributed by atoms with Gasteiger partial charge in [0.15, 0.2) is 0 Å². The van der Waals surface area contributed by atoms with E-state index in [1.165, 1.54) is 22.0 Å². The third-order valence-corrected chi connectivity index (χ3v) is 3.58. The second kappa shape index (κ2) is 4.18. The number of benzene rings is 2. The Kier molecular flexibility index (Phi) is 2.64. The number of aromatic nitrogens is 1. The lowest BCUT2D eigenvalue weighted by molar-refractivity contribution is 1.40. The van der Waals surface area contributed by atoms with E-state index in [1.54, 1.807) is 0 Å². The molecule has 1 N–H and O–H groups in total. The second-order valence-electron chi connectivity index (χ2n) is 4.71. The molecule has 0 aliphatic heterocycles. The average Bonchev–Trinajstić information content (AvgIpc) is 2.73. The Bertz CT molecular complexity index is 725. The molecule has 3 aromatic rings. The minimum atomic E-state index is 0.776. The van der Waals surface area contributed by atoms with Crippen LogP contribution in [0.3, 0.4) is 0 Å². The van der Waals surface area contributed by atoms with Crippen LogP contribution < -0.4 is 0 Å². The first-order valence-corrected chi connectivity index (χ1v) is 6.38. The number of hydrogen-bond donors (Lipinski definition) is 1. The van der Waals surface area contributed by atoms with Gasteiger partial charge in [-0.1, -0.05) is 35.9 Å². The molecule has 0 unspecified atom stereocenters. The molecule has 0 radical (unpaired) electrons. The number of aryl methyl sites for hydroxylation is 2. The summed E-state index contributed by atoms with van der Waals surface area (Å²) in [4.78, 5) is 3.45.